The molecule has 0 unspecified atom stereocenters. The van der Waals surface area contributed by atoms with Crippen molar-refractivity contribution in [1.82, 2.24) is 0 Å². The van der Waals surface area contributed by atoms with Crippen LogP contribution in [0.15, 0.2) is 12.7 Å². The Labute approximate surface area is 67.2 Å². The Bertz CT molecular complexity index is 163. The lowest BCUT2D eigenvalue weighted by Crippen LogP contribution is -2.40. The summed E-state index contributed by atoms with van der Waals surface area (Å²) in [4.78, 5) is 10.8. The van der Waals surface area contributed by atoms with Crippen LogP contribution < -0.4 is 0 Å². The van der Waals surface area contributed by atoms with Crippen LogP contribution in [-0.4, -0.2) is 11.6 Å². The van der Waals surface area contributed by atoms with E-state index in [1.807, 2.05) is 0 Å². The molecule has 1 aliphatic rings. The molecule has 0 N–H and O–H groups in total. The van der Waals surface area contributed by atoms with E-state index in [-0.39, 0.29) is 11.6 Å². The molecule has 62 valence electrons. The maximum Gasteiger partial charge on any atom is 0.330 e. The third-order valence-corrected chi connectivity index (χ3v) is 2.39. The highest BCUT2D eigenvalue weighted by molar-refractivity contribution is 5.81. The first-order valence-electron chi connectivity index (χ1n) is 4.08. The summed E-state index contributed by atoms with van der Waals surface area (Å²) in [6.45, 7) is 5.41. The molecule has 0 atom stereocenters. The summed E-state index contributed by atoms with van der Waals surface area (Å²) in [5, 5.41) is 0. The summed E-state index contributed by atoms with van der Waals surface area (Å²) in [5.41, 5.74) is -0.134. The van der Waals surface area contributed by atoms with Gasteiger partial charge in [-0.15, -0.1) is 0 Å². The van der Waals surface area contributed by atoms with Crippen LogP contribution >= 0.6 is 0 Å². The van der Waals surface area contributed by atoms with Crippen molar-refractivity contribution in [2.24, 2.45) is 0 Å². The quantitative estimate of drug-likeness (QED) is 0.459. The van der Waals surface area contributed by atoms with Crippen LogP contribution in [0.3, 0.4) is 0 Å². The van der Waals surface area contributed by atoms with Gasteiger partial charge in [0.05, 0.1) is 0 Å². The molecule has 0 aromatic rings. The van der Waals surface area contributed by atoms with Gasteiger partial charge in [0.2, 0.25) is 0 Å². The van der Waals surface area contributed by atoms with Gasteiger partial charge < -0.3 is 4.74 Å². The van der Waals surface area contributed by atoms with Gasteiger partial charge in [-0.2, -0.15) is 0 Å². The van der Waals surface area contributed by atoms with Gasteiger partial charge in [-0.05, 0) is 25.7 Å². The van der Waals surface area contributed by atoms with Crippen LogP contribution in [0, 0.1) is 0 Å². The number of carbonyl (C=O) groups excluding carboxylic acids is 1. The van der Waals surface area contributed by atoms with Crippen LogP contribution in [0.4, 0.5) is 0 Å². The van der Waals surface area contributed by atoms with Gasteiger partial charge in [-0.25, -0.2) is 4.79 Å². The minimum atomic E-state index is -0.286. The average Bonchev–Trinajstić information content (AvgIpc) is 1.96. The Morgan fingerprint density at radius 2 is 2.36 bits per heavy atom. The molecule has 0 heterocycles. The van der Waals surface area contributed by atoms with E-state index in [9.17, 15) is 4.79 Å². The molecule has 1 saturated carbocycles. The van der Waals surface area contributed by atoms with Crippen molar-refractivity contribution in [3.05, 3.63) is 12.7 Å². The second-order valence-corrected chi connectivity index (χ2v) is 3.02. The largest absolute Gasteiger partial charge is 0.456 e. The van der Waals surface area contributed by atoms with E-state index < -0.39 is 0 Å². The highest BCUT2D eigenvalue weighted by Gasteiger charge is 2.38. The van der Waals surface area contributed by atoms with E-state index in [4.69, 9.17) is 4.74 Å². The van der Waals surface area contributed by atoms with Crippen LogP contribution in [0.1, 0.15) is 32.6 Å². The lowest BCUT2D eigenvalue weighted by atomic mass is 9.78. The summed E-state index contributed by atoms with van der Waals surface area (Å²) in [7, 11) is 0. The normalized spacial score (nSPS) is 20.1. The third kappa shape index (κ3) is 1.62. The van der Waals surface area contributed by atoms with E-state index in [2.05, 4.69) is 13.5 Å². The Morgan fingerprint density at radius 3 is 2.64 bits per heavy atom. The van der Waals surface area contributed by atoms with E-state index >= 15 is 0 Å². The van der Waals surface area contributed by atoms with E-state index in [1.54, 1.807) is 0 Å². The Kier molecular flexibility index (Phi) is 2.32. The molecular formula is C9H14O2. The molecule has 2 nitrogen and oxygen atoms in total. The average molecular weight is 154 g/mol. The third-order valence-electron chi connectivity index (χ3n) is 2.39. The number of hydrogen-bond acceptors (Lipinski definition) is 2. The fourth-order valence-corrected chi connectivity index (χ4v) is 1.35. The first-order valence-corrected chi connectivity index (χ1v) is 4.08. The van der Waals surface area contributed by atoms with Crippen LogP contribution in [-0.2, 0) is 9.53 Å². The van der Waals surface area contributed by atoms with Crippen LogP contribution in [0.25, 0.3) is 0 Å². The molecule has 1 fully saturated rings. The fourth-order valence-electron chi connectivity index (χ4n) is 1.35. The summed E-state index contributed by atoms with van der Waals surface area (Å²) < 4.78 is 5.22. The van der Waals surface area contributed by atoms with Gasteiger partial charge >= 0.3 is 5.97 Å². The summed E-state index contributed by atoms with van der Waals surface area (Å²) in [6, 6.07) is 0. The number of hydrogen-bond donors (Lipinski definition) is 0. The van der Waals surface area contributed by atoms with Crippen molar-refractivity contribution in [1.29, 1.82) is 0 Å². The molecule has 0 amide bonds. The number of carbonyl (C=O) groups is 1. The van der Waals surface area contributed by atoms with Crippen molar-refractivity contribution in [2.75, 3.05) is 0 Å². The zero-order chi connectivity index (χ0) is 8.32. The predicted octanol–water partition coefficient (Wildman–Crippen LogP) is 2.05. The highest BCUT2D eigenvalue weighted by Crippen LogP contribution is 2.38. The molecule has 0 spiro atoms. The first-order chi connectivity index (χ1) is 5.22. The van der Waals surface area contributed by atoms with Crippen molar-refractivity contribution in [3.8, 4) is 0 Å². The van der Waals surface area contributed by atoms with Crippen LogP contribution in [0.2, 0.25) is 0 Å². The zero-order valence-corrected chi connectivity index (χ0v) is 6.93. The Hall–Kier alpha value is -0.790. The monoisotopic (exact) mass is 154 g/mol. The van der Waals surface area contributed by atoms with Crippen molar-refractivity contribution < 1.29 is 9.53 Å². The number of esters is 1. The van der Waals surface area contributed by atoms with Crippen molar-refractivity contribution in [3.63, 3.8) is 0 Å². The van der Waals surface area contributed by atoms with Gasteiger partial charge in [0.15, 0.2) is 0 Å². The zero-order valence-electron chi connectivity index (χ0n) is 6.93. The van der Waals surface area contributed by atoms with E-state index in [0.717, 1.165) is 19.3 Å². The highest BCUT2D eigenvalue weighted by atomic mass is 16.6. The SMILES string of the molecule is C=CC(=O)OC1(CC)CCC1. The smallest absolute Gasteiger partial charge is 0.330 e. The van der Waals surface area contributed by atoms with Crippen molar-refractivity contribution >= 4 is 5.97 Å². The number of ether oxygens (including phenoxy) is 1. The lowest BCUT2D eigenvalue weighted by Gasteiger charge is -2.39. The minimum Gasteiger partial charge on any atom is -0.456 e. The van der Waals surface area contributed by atoms with E-state index in [1.165, 1.54) is 12.5 Å². The van der Waals surface area contributed by atoms with Gasteiger partial charge in [0, 0.05) is 6.08 Å². The molecule has 1 aliphatic carbocycles. The molecular weight excluding hydrogens is 140 g/mol. The fraction of sp³-hybridized carbons (Fsp3) is 0.667. The van der Waals surface area contributed by atoms with Crippen molar-refractivity contribution in [2.45, 2.75) is 38.2 Å². The lowest BCUT2D eigenvalue weighted by molar-refractivity contribution is -0.163. The summed E-state index contributed by atoms with van der Waals surface area (Å²) in [5.74, 6) is -0.286. The molecule has 0 saturated heterocycles. The van der Waals surface area contributed by atoms with Gasteiger partial charge in [0.1, 0.15) is 5.60 Å². The van der Waals surface area contributed by atoms with Gasteiger partial charge in [-0.1, -0.05) is 13.5 Å². The Balaban J connectivity index is 2.44. The summed E-state index contributed by atoms with van der Waals surface area (Å²) >= 11 is 0. The molecule has 0 radical (unpaired) electrons. The molecule has 0 aromatic carbocycles. The molecule has 2 heteroatoms. The standard InChI is InChI=1S/C9H14O2/c1-3-8(10)11-9(4-2)6-5-7-9/h3H,1,4-7H2,2H3. The maximum atomic E-state index is 10.8. The molecule has 11 heavy (non-hydrogen) atoms. The molecule has 0 aromatic heterocycles. The predicted molar refractivity (Wildman–Crippen MR) is 43.2 cm³/mol. The topological polar surface area (TPSA) is 26.3 Å². The maximum absolute atomic E-state index is 10.8. The van der Waals surface area contributed by atoms with Gasteiger partial charge in [0.25, 0.3) is 0 Å². The molecule has 0 aliphatic heterocycles. The van der Waals surface area contributed by atoms with Crippen LogP contribution in [0.5, 0.6) is 0 Å². The van der Waals surface area contributed by atoms with Gasteiger partial charge in [-0.3, -0.25) is 0 Å². The molecule has 1 rings (SSSR count). The summed E-state index contributed by atoms with van der Waals surface area (Å²) in [6.07, 6.45) is 5.37. The molecule has 0 bridgehead atoms. The number of rotatable bonds is 3. The first kappa shape index (κ1) is 8.31. The Morgan fingerprint density at radius 1 is 1.73 bits per heavy atom. The minimum absolute atomic E-state index is 0.134. The second-order valence-electron chi connectivity index (χ2n) is 3.02. The van der Waals surface area contributed by atoms with E-state index in [0.29, 0.717) is 0 Å². The second kappa shape index (κ2) is 3.07.